The minimum Gasteiger partial charge on any atom is -0.315 e. The van der Waals surface area contributed by atoms with Gasteiger partial charge in [0.05, 0.1) is 23.7 Å². The first-order valence-corrected chi connectivity index (χ1v) is 8.78. The molecule has 2 heterocycles. The highest BCUT2D eigenvalue weighted by Crippen LogP contribution is 2.25. The number of aryl methyl sites for hydroxylation is 1. The molecule has 1 amide bonds. The third-order valence-electron chi connectivity index (χ3n) is 3.47. The molecule has 0 spiro atoms. The van der Waals surface area contributed by atoms with E-state index in [9.17, 15) is 13.2 Å². The number of pyridine rings is 1. The maximum atomic E-state index is 12.0. The molecule has 3 rings (SSSR count). The number of amides is 1. The Labute approximate surface area is 133 Å². The van der Waals surface area contributed by atoms with E-state index in [1.165, 1.54) is 0 Å². The predicted molar refractivity (Wildman–Crippen MR) is 88.1 cm³/mol. The lowest BCUT2D eigenvalue weighted by molar-refractivity contribution is 0.0982. The summed E-state index contributed by atoms with van der Waals surface area (Å²) in [7, 11) is -3.59. The van der Waals surface area contributed by atoms with E-state index in [2.05, 4.69) is 4.98 Å². The van der Waals surface area contributed by atoms with E-state index in [-0.39, 0.29) is 0 Å². The fourth-order valence-electron chi connectivity index (χ4n) is 2.47. The Kier molecular flexibility index (Phi) is 3.65. The average Bonchev–Trinajstić information content (AvgIpc) is 2.83. The SMILES string of the molecule is Cc1cn(-c2cccnc2)c2ccc(C(=O)NS(C)(=O)=O)cc12. The van der Waals surface area contributed by atoms with E-state index >= 15 is 0 Å². The fraction of sp³-hybridized carbons (Fsp3) is 0.125. The molecular formula is C16H15N3O3S. The summed E-state index contributed by atoms with van der Waals surface area (Å²) >= 11 is 0. The third-order valence-corrected chi connectivity index (χ3v) is 4.02. The van der Waals surface area contributed by atoms with Gasteiger partial charge in [-0.3, -0.25) is 9.78 Å². The number of hydrogen-bond donors (Lipinski definition) is 1. The first-order chi connectivity index (χ1) is 10.8. The molecule has 6 nitrogen and oxygen atoms in total. The van der Waals surface area contributed by atoms with Gasteiger partial charge < -0.3 is 4.57 Å². The van der Waals surface area contributed by atoms with Crippen LogP contribution in [0.4, 0.5) is 0 Å². The molecule has 3 aromatic rings. The highest BCUT2D eigenvalue weighted by molar-refractivity contribution is 7.89. The summed E-state index contributed by atoms with van der Waals surface area (Å²) < 4.78 is 26.3. The normalized spacial score (nSPS) is 11.6. The van der Waals surface area contributed by atoms with E-state index < -0.39 is 15.9 Å². The largest absolute Gasteiger partial charge is 0.315 e. The second-order valence-corrected chi connectivity index (χ2v) is 7.08. The summed E-state index contributed by atoms with van der Waals surface area (Å²) in [5.41, 5.74) is 3.12. The van der Waals surface area contributed by atoms with Crippen LogP contribution in [-0.4, -0.2) is 30.1 Å². The van der Waals surface area contributed by atoms with Crippen molar-refractivity contribution in [3.05, 3.63) is 60.0 Å². The summed E-state index contributed by atoms with van der Waals surface area (Å²) in [4.78, 5) is 16.1. The first kappa shape index (κ1) is 15.2. The van der Waals surface area contributed by atoms with Gasteiger partial charge in [-0.1, -0.05) is 0 Å². The van der Waals surface area contributed by atoms with Gasteiger partial charge in [-0.05, 0) is 42.8 Å². The number of fused-ring (bicyclic) bond motifs is 1. The van der Waals surface area contributed by atoms with Gasteiger partial charge in [0, 0.05) is 23.3 Å². The maximum absolute atomic E-state index is 12.0. The van der Waals surface area contributed by atoms with Crippen LogP contribution < -0.4 is 4.72 Å². The molecule has 1 N–H and O–H groups in total. The summed E-state index contributed by atoms with van der Waals surface area (Å²) in [6.07, 6.45) is 6.37. The van der Waals surface area contributed by atoms with Crippen molar-refractivity contribution in [3.63, 3.8) is 0 Å². The molecule has 7 heteroatoms. The van der Waals surface area contributed by atoms with Crippen molar-refractivity contribution in [2.24, 2.45) is 0 Å². The number of aromatic nitrogens is 2. The third kappa shape index (κ3) is 3.09. The molecule has 2 aromatic heterocycles. The summed E-state index contributed by atoms with van der Waals surface area (Å²) in [6.45, 7) is 1.94. The topological polar surface area (TPSA) is 81.1 Å². The molecule has 0 atom stereocenters. The summed E-state index contributed by atoms with van der Waals surface area (Å²) in [5.74, 6) is -0.636. The Balaban J connectivity index is 2.09. The van der Waals surface area contributed by atoms with Crippen LogP contribution in [0.25, 0.3) is 16.6 Å². The zero-order valence-corrected chi connectivity index (χ0v) is 13.5. The zero-order chi connectivity index (χ0) is 16.6. The lowest BCUT2D eigenvalue weighted by Crippen LogP contribution is -2.29. The van der Waals surface area contributed by atoms with Crippen LogP contribution in [0.5, 0.6) is 0 Å². The molecular weight excluding hydrogens is 314 g/mol. The molecule has 0 aliphatic heterocycles. The van der Waals surface area contributed by atoms with Gasteiger partial charge in [-0.25, -0.2) is 13.1 Å². The predicted octanol–water partition coefficient (Wildman–Crippen LogP) is 2.02. The van der Waals surface area contributed by atoms with Crippen molar-refractivity contribution in [1.82, 2.24) is 14.3 Å². The minimum atomic E-state index is -3.59. The lowest BCUT2D eigenvalue weighted by atomic mass is 10.1. The minimum absolute atomic E-state index is 0.301. The van der Waals surface area contributed by atoms with Crippen LogP contribution >= 0.6 is 0 Å². The Morgan fingerprint density at radius 3 is 2.70 bits per heavy atom. The average molecular weight is 329 g/mol. The van der Waals surface area contributed by atoms with E-state index in [1.54, 1.807) is 30.6 Å². The van der Waals surface area contributed by atoms with Gasteiger partial charge in [-0.15, -0.1) is 0 Å². The molecule has 0 saturated heterocycles. The van der Waals surface area contributed by atoms with E-state index in [4.69, 9.17) is 0 Å². The molecule has 0 aliphatic carbocycles. The molecule has 0 fully saturated rings. The molecule has 0 bridgehead atoms. The quantitative estimate of drug-likeness (QED) is 0.797. The van der Waals surface area contributed by atoms with Crippen LogP contribution in [0, 0.1) is 6.92 Å². The van der Waals surface area contributed by atoms with Crippen molar-refractivity contribution in [3.8, 4) is 5.69 Å². The number of sulfonamides is 1. The molecule has 0 radical (unpaired) electrons. The number of benzene rings is 1. The number of carbonyl (C=O) groups is 1. The van der Waals surface area contributed by atoms with Gasteiger partial charge in [-0.2, -0.15) is 0 Å². The second kappa shape index (κ2) is 5.51. The van der Waals surface area contributed by atoms with Gasteiger partial charge in [0.25, 0.3) is 5.91 Å². The number of hydrogen-bond acceptors (Lipinski definition) is 4. The van der Waals surface area contributed by atoms with Crippen LogP contribution in [0.15, 0.2) is 48.9 Å². The molecule has 0 aliphatic rings. The molecule has 0 unspecified atom stereocenters. The second-order valence-electron chi connectivity index (χ2n) is 5.33. The van der Waals surface area contributed by atoms with E-state index in [0.717, 1.165) is 28.4 Å². The van der Waals surface area contributed by atoms with Crippen LogP contribution in [0.1, 0.15) is 15.9 Å². The number of nitrogens with zero attached hydrogens (tertiary/aromatic N) is 2. The highest BCUT2D eigenvalue weighted by atomic mass is 32.2. The Hall–Kier alpha value is -2.67. The lowest BCUT2D eigenvalue weighted by Gasteiger charge is -2.06. The summed E-state index contributed by atoms with van der Waals surface area (Å²) in [6, 6.07) is 8.89. The number of carbonyl (C=O) groups excluding carboxylic acids is 1. The zero-order valence-electron chi connectivity index (χ0n) is 12.6. The molecule has 23 heavy (non-hydrogen) atoms. The van der Waals surface area contributed by atoms with Gasteiger partial charge in [0.15, 0.2) is 0 Å². The smallest absolute Gasteiger partial charge is 0.264 e. The Morgan fingerprint density at radius 1 is 1.26 bits per heavy atom. The fourth-order valence-corrected chi connectivity index (χ4v) is 2.93. The standard InChI is InChI=1S/C16H15N3O3S/c1-11-10-19(13-4-3-7-17-9-13)15-6-5-12(8-14(11)15)16(20)18-23(2,21)22/h3-10H,1-2H3,(H,18,20). The van der Waals surface area contributed by atoms with E-state index in [0.29, 0.717) is 5.56 Å². The Bertz CT molecular complexity index is 992. The van der Waals surface area contributed by atoms with E-state index in [1.807, 2.05) is 34.5 Å². The molecule has 118 valence electrons. The first-order valence-electron chi connectivity index (χ1n) is 6.89. The van der Waals surface area contributed by atoms with Crippen LogP contribution in [-0.2, 0) is 10.0 Å². The van der Waals surface area contributed by atoms with Gasteiger partial charge in [0.1, 0.15) is 0 Å². The van der Waals surface area contributed by atoms with Crippen molar-refractivity contribution >= 4 is 26.8 Å². The highest BCUT2D eigenvalue weighted by Gasteiger charge is 2.14. The molecule has 1 aromatic carbocycles. The molecule has 0 saturated carbocycles. The van der Waals surface area contributed by atoms with Crippen molar-refractivity contribution in [2.45, 2.75) is 6.92 Å². The van der Waals surface area contributed by atoms with Crippen molar-refractivity contribution < 1.29 is 13.2 Å². The van der Waals surface area contributed by atoms with Crippen LogP contribution in [0.2, 0.25) is 0 Å². The van der Waals surface area contributed by atoms with Crippen molar-refractivity contribution in [1.29, 1.82) is 0 Å². The van der Waals surface area contributed by atoms with Crippen LogP contribution in [0.3, 0.4) is 0 Å². The summed E-state index contributed by atoms with van der Waals surface area (Å²) in [5, 5.41) is 0.884. The van der Waals surface area contributed by atoms with Crippen molar-refractivity contribution in [2.75, 3.05) is 6.26 Å². The number of nitrogens with one attached hydrogen (secondary N) is 1. The monoisotopic (exact) mass is 329 g/mol. The van der Waals surface area contributed by atoms with Gasteiger partial charge in [0.2, 0.25) is 10.0 Å². The van der Waals surface area contributed by atoms with Gasteiger partial charge >= 0.3 is 0 Å². The Morgan fingerprint density at radius 2 is 2.04 bits per heavy atom. The maximum Gasteiger partial charge on any atom is 0.264 e. The number of rotatable bonds is 3.